The van der Waals surface area contributed by atoms with E-state index < -0.39 is 5.91 Å². The molecule has 4 aromatic rings. The SMILES string of the molecule is C[n+]1[nH]cc(C(=O)N2CCOCC2)c1C(=O)Nc1cc2nc(-c3ccccc3)cn2cc1C#N. The molecule has 170 valence electrons. The van der Waals surface area contributed by atoms with Crippen molar-refractivity contribution in [1.29, 1.82) is 5.26 Å². The number of nitrogens with one attached hydrogen (secondary N) is 2. The van der Waals surface area contributed by atoms with Gasteiger partial charge in [0.15, 0.2) is 7.05 Å². The van der Waals surface area contributed by atoms with Gasteiger partial charge in [0.1, 0.15) is 17.3 Å². The van der Waals surface area contributed by atoms with Gasteiger partial charge < -0.3 is 19.4 Å². The van der Waals surface area contributed by atoms with Crippen molar-refractivity contribution in [3.63, 3.8) is 0 Å². The summed E-state index contributed by atoms with van der Waals surface area (Å²) in [7, 11) is 1.65. The van der Waals surface area contributed by atoms with Crippen molar-refractivity contribution in [1.82, 2.24) is 19.4 Å². The van der Waals surface area contributed by atoms with Gasteiger partial charge >= 0.3 is 11.6 Å². The highest BCUT2D eigenvalue weighted by molar-refractivity contribution is 6.10. The molecule has 2 N–H and O–H groups in total. The number of morpholine rings is 1. The number of anilines is 1. The summed E-state index contributed by atoms with van der Waals surface area (Å²) in [6.07, 6.45) is 4.98. The van der Waals surface area contributed by atoms with Gasteiger partial charge in [-0.3, -0.25) is 9.59 Å². The number of pyridine rings is 1. The van der Waals surface area contributed by atoms with E-state index in [0.717, 1.165) is 11.3 Å². The van der Waals surface area contributed by atoms with Crippen LogP contribution in [-0.4, -0.2) is 57.5 Å². The van der Waals surface area contributed by atoms with Gasteiger partial charge in [0.05, 0.1) is 36.4 Å². The zero-order chi connectivity index (χ0) is 23.7. The molecule has 0 spiro atoms. The number of imidazole rings is 1. The Bertz CT molecular complexity index is 1430. The zero-order valence-electron chi connectivity index (χ0n) is 18.5. The molecule has 0 saturated carbocycles. The molecule has 1 fully saturated rings. The van der Waals surface area contributed by atoms with Crippen LogP contribution in [0.25, 0.3) is 16.9 Å². The first-order valence-electron chi connectivity index (χ1n) is 10.8. The molecule has 1 aromatic carbocycles. The number of benzene rings is 1. The lowest BCUT2D eigenvalue weighted by Crippen LogP contribution is -2.43. The number of aryl methyl sites for hydroxylation is 1. The fraction of sp³-hybridized carbons (Fsp3) is 0.208. The summed E-state index contributed by atoms with van der Waals surface area (Å²) in [6.45, 7) is 1.86. The Kier molecular flexibility index (Phi) is 5.53. The number of H-pyrrole nitrogens is 1. The minimum Gasteiger partial charge on any atom is -0.378 e. The second-order valence-electron chi connectivity index (χ2n) is 7.92. The van der Waals surface area contributed by atoms with Crippen LogP contribution in [0, 0.1) is 11.3 Å². The number of aromatic nitrogens is 4. The molecule has 0 atom stereocenters. The third-order valence-corrected chi connectivity index (χ3v) is 5.77. The summed E-state index contributed by atoms with van der Waals surface area (Å²) < 4.78 is 8.55. The maximum Gasteiger partial charge on any atom is 0.323 e. The van der Waals surface area contributed by atoms with Crippen molar-refractivity contribution < 1.29 is 19.0 Å². The molecule has 2 amide bonds. The number of nitriles is 1. The molecule has 3 aromatic heterocycles. The second kappa shape index (κ2) is 8.80. The largest absolute Gasteiger partial charge is 0.378 e. The Morgan fingerprint density at radius 2 is 1.97 bits per heavy atom. The number of carbonyl (C=O) groups excluding carboxylic acids is 2. The number of rotatable bonds is 4. The predicted molar refractivity (Wildman–Crippen MR) is 122 cm³/mol. The molecular weight excluding hydrogens is 434 g/mol. The lowest BCUT2D eigenvalue weighted by atomic mass is 10.1. The van der Waals surface area contributed by atoms with Crippen LogP contribution in [-0.2, 0) is 11.8 Å². The van der Waals surface area contributed by atoms with Crippen LogP contribution in [0.4, 0.5) is 5.69 Å². The number of ether oxygens (including phenoxy) is 1. The van der Waals surface area contributed by atoms with E-state index in [9.17, 15) is 14.9 Å². The maximum atomic E-state index is 13.3. The van der Waals surface area contributed by atoms with Crippen LogP contribution >= 0.6 is 0 Å². The topological polar surface area (TPSA) is 119 Å². The van der Waals surface area contributed by atoms with E-state index in [2.05, 4.69) is 21.5 Å². The van der Waals surface area contributed by atoms with Gasteiger partial charge in [0, 0.05) is 37.1 Å². The summed E-state index contributed by atoms with van der Waals surface area (Å²) in [5.74, 6) is -0.752. The number of amides is 2. The smallest absolute Gasteiger partial charge is 0.323 e. The van der Waals surface area contributed by atoms with E-state index in [1.807, 2.05) is 36.5 Å². The van der Waals surface area contributed by atoms with Gasteiger partial charge in [-0.1, -0.05) is 30.3 Å². The van der Waals surface area contributed by atoms with Crippen molar-refractivity contribution in [2.75, 3.05) is 31.6 Å². The summed E-state index contributed by atoms with van der Waals surface area (Å²) in [5.41, 5.74) is 3.30. The van der Waals surface area contributed by atoms with Crippen molar-refractivity contribution in [2.24, 2.45) is 7.05 Å². The molecule has 1 aliphatic heterocycles. The quantitative estimate of drug-likeness (QED) is 0.454. The fourth-order valence-electron chi connectivity index (χ4n) is 4.01. The normalized spacial score (nSPS) is 13.6. The fourth-order valence-corrected chi connectivity index (χ4v) is 4.01. The van der Waals surface area contributed by atoms with Crippen LogP contribution < -0.4 is 10.00 Å². The number of aromatic amines is 1. The third kappa shape index (κ3) is 3.89. The van der Waals surface area contributed by atoms with Crippen LogP contribution in [0.3, 0.4) is 0 Å². The van der Waals surface area contributed by atoms with Crippen LogP contribution in [0.2, 0.25) is 0 Å². The third-order valence-electron chi connectivity index (χ3n) is 5.77. The van der Waals surface area contributed by atoms with Gasteiger partial charge in [-0.25, -0.2) is 4.98 Å². The first-order valence-corrected chi connectivity index (χ1v) is 10.8. The maximum absolute atomic E-state index is 13.3. The predicted octanol–water partition coefficient (Wildman–Crippen LogP) is 1.75. The summed E-state index contributed by atoms with van der Waals surface area (Å²) in [5, 5.41) is 15.4. The van der Waals surface area contributed by atoms with Crippen molar-refractivity contribution in [3.8, 4) is 17.3 Å². The Hall–Kier alpha value is -4.49. The first kappa shape index (κ1) is 21.4. The molecule has 10 heteroatoms. The highest BCUT2D eigenvalue weighted by Crippen LogP contribution is 2.23. The minimum atomic E-state index is -0.504. The van der Waals surface area contributed by atoms with Crippen LogP contribution in [0.1, 0.15) is 26.4 Å². The van der Waals surface area contributed by atoms with Crippen molar-refractivity contribution in [2.45, 2.75) is 0 Å². The highest BCUT2D eigenvalue weighted by Gasteiger charge is 2.32. The molecule has 10 nitrogen and oxygen atoms in total. The Morgan fingerprint density at radius 3 is 2.71 bits per heavy atom. The van der Waals surface area contributed by atoms with E-state index in [0.29, 0.717) is 37.6 Å². The van der Waals surface area contributed by atoms with Gasteiger partial charge in [-0.2, -0.15) is 10.4 Å². The first-order chi connectivity index (χ1) is 16.5. The van der Waals surface area contributed by atoms with E-state index in [1.165, 1.54) is 10.9 Å². The standard InChI is InChI=1S/C24H21N7O3/c1-29-22(18(13-26-29)24(33)30-7-9-34-10-8-30)23(32)28-19-11-21-27-20(16-5-3-2-4-6-16)15-31(21)14-17(19)12-25/h2-6,11,13-15H,7-10H2,1H3,(H,27,28,32)/p+1. The second-order valence-corrected chi connectivity index (χ2v) is 7.92. The zero-order valence-corrected chi connectivity index (χ0v) is 18.5. The lowest BCUT2D eigenvalue weighted by Gasteiger charge is -2.26. The summed E-state index contributed by atoms with van der Waals surface area (Å²) >= 11 is 0. The van der Waals surface area contributed by atoms with Gasteiger partial charge in [0.2, 0.25) is 0 Å². The van der Waals surface area contributed by atoms with E-state index >= 15 is 0 Å². The Labute approximate surface area is 195 Å². The monoisotopic (exact) mass is 456 g/mol. The van der Waals surface area contributed by atoms with Crippen molar-refractivity contribution >= 4 is 23.1 Å². The molecule has 0 radical (unpaired) electrons. The summed E-state index contributed by atoms with van der Waals surface area (Å²) in [6, 6.07) is 13.5. The van der Waals surface area contributed by atoms with Crippen molar-refractivity contribution in [3.05, 3.63) is 71.8 Å². The number of nitrogens with zero attached hydrogens (tertiary/aromatic N) is 5. The molecule has 1 saturated heterocycles. The van der Waals surface area contributed by atoms with Crippen LogP contribution in [0.5, 0.6) is 0 Å². The number of hydrogen-bond acceptors (Lipinski definition) is 5. The van der Waals surface area contributed by atoms with Gasteiger partial charge in [-0.15, -0.1) is 4.68 Å². The molecule has 0 unspecified atom stereocenters. The van der Waals surface area contributed by atoms with E-state index in [1.54, 1.807) is 28.6 Å². The average molecular weight is 456 g/mol. The lowest BCUT2D eigenvalue weighted by molar-refractivity contribution is -0.728. The van der Waals surface area contributed by atoms with E-state index in [-0.39, 0.29) is 22.7 Å². The molecule has 1 aliphatic rings. The molecule has 4 heterocycles. The molecular formula is C24H22N7O3+. The average Bonchev–Trinajstić information content (AvgIpc) is 3.47. The number of hydrogen-bond donors (Lipinski definition) is 2. The van der Waals surface area contributed by atoms with Crippen LogP contribution in [0.15, 0.2) is 55.0 Å². The summed E-state index contributed by atoms with van der Waals surface area (Å²) in [4.78, 5) is 32.6. The Balaban J connectivity index is 1.46. The number of carbonyl (C=O) groups is 2. The highest BCUT2D eigenvalue weighted by atomic mass is 16.5. The molecule has 5 rings (SSSR count). The Morgan fingerprint density at radius 1 is 1.21 bits per heavy atom. The van der Waals surface area contributed by atoms with Gasteiger partial charge in [0.25, 0.3) is 5.91 Å². The molecule has 0 bridgehead atoms. The molecule has 34 heavy (non-hydrogen) atoms. The molecule has 0 aliphatic carbocycles. The minimum absolute atomic E-state index is 0.175. The number of fused-ring (bicyclic) bond motifs is 1. The van der Waals surface area contributed by atoms with E-state index in [4.69, 9.17) is 4.74 Å². The van der Waals surface area contributed by atoms with Gasteiger partial charge in [-0.05, 0) is 0 Å².